The summed E-state index contributed by atoms with van der Waals surface area (Å²) in [5.74, 6) is 1.18. The molecule has 0 fully saturated rings. The van der Waals surface area contributed by atoms with Crippen molar-refractivity contribution in [2.45, 2.75) is 12.3 Å². The average Bonchev–Trinajstić information content (AvgIpc) is 2.82. The van der Waals surface area contributed by atoms with Crippen LogP contribution in [0.15, 0.2) is 30.6 Å². The number of H-pyrrole nitrogens is 1. The molecule has 1 aromatic heterocycles. The second-order valence-electron chi connectivity index (χ2n) is 3.82. The lowest BCUT2D eigenvalue weighted by molar-refractivity contribution is 0.270. The van der Waals surface area contributed by atoms with E-state index < -0.39 is 0 Å². The number of aromatic nitrogens is 2. The summed E-state index contributed by atoms with van der Waals surface area (Å²) in [7, 11) is 0. The van der Waals surface area contributed by atoms with Gasteiger partial charge in [-0.15, -0.1) is 0 Å². The van der Waals surface area contributed by atoms with Gasteiger partial charge in [-0.25, -0.2) is 9.37 Å². The molecule has 0 amide bonds. The molecule has 0 radical (unpaired) electrons. The van der Waals surface area contributed by atoms with Crippen molar-refractivity contribution in [3.05, 3.63) is 47.8 Å². The second-order valence-corrected chi connectivity index (χ2v) is 3.82. The Bertz CT molecular complexity index is 496. The molecular weight excluding hydrogens is 207 g/mol. The quantitative estimate of drug-likeness (QED) is 0.798. The van der Waals surface area contributed by atoms with Crippen LogP contribution in [0.1, 0.15) is 23.7 Å². The number of hydrogen-bond acceptors (Lipinski definition) is 2. The molecule has 3 rings (SSSR count). The van der Waals surface area contributed by atoms with Crippen LogP contribution in [-0.2, 0) is 0 Å². The van der Waals surface area contributed by atoms with E-state index in [1.807, 2.05) is 0 Å². The first-order valence-electron chi connectivity index (χ1n) is 5.27. The van der Waals surface area contributed by atoms with Gasteiger partial charge in [-0.3, -0.25) is 0 Å². The molecule has 2 heterocycles. The van der Waals surface area contributed by atoms with Crippen LogP contribution in [0, 0.1) is 5.82 Å². The predicted octanol–water partition coefficient (Wildman–Crippen LogP) is 2.46. The first-order valence-corrected chi connectivity index (χ1v) is 5.27. The summed E-state index contributed by atoms with van der Waals surface area (Å²) in [6.45, 7) is 0.599. The molecular formula is C12H11FN2O. The third kappa shape index (κ3) is 1.38. The molecule has 16 heavy (non-hydrogen) atoms. The first-order chi connectivity index (χ1) is 7.86. The molecule has 1 aliphatic rings. The zero-order chi connectivity index (χ0) is 11.0. The highest BCUT2D eigenvalue weighted by Gasteiger charge is 2.27. The summed E-state index contributed by atoms with van der Waals surface area (Å²) in [5.41, 5.74) is 0.615. The maximum atomic E-state index is 13.8. The van der Waals surface area contributed by atoms with Gasteiger partial charge in [-0.1, -0.05) is 6.07 Å². The number of halogens is 1. The Balaban J connectivity index is 2.12. The number of aromatic amines is 1. The van der Waals surface area contributed by atoms with Gasteiger partial charge in [0.1, 0.15) is 17.4 Å². The number of ether oxygens (including phenoxy) is 1. The fraction of sp³-hybridized carbons (Fsp3) is 0.250. The third-order valence-corrected chi connectivity index (χ3v) is 2.87. The number of fused-ring (bicyclic) bond motifs is 1. The standard InChI is InChI=1S/C12H11FN2O/c13-9-2-1-3-10-11(9)8(4-7-16-10)12-14-5-6-15-12/h1-3,5-6,8H,4,7H2,(H,14,15). The van der Waals surface area contributed by atoms with E-state index >= 15 is 0 Å². The van der Waals surface area contributed by atoms with E-state index in [2.05, 4.69) is 9.97 Å². The van der Waals surface area contributed by atoms with Crippen LogP contribution in [0.25, 0.3) is 0 Å². The van der Waals surface area contributed by atoms with Crippen molar-refractivity contribution in [2.75, 3.05) is 6.61 Å². The molecule has 0 bridgehead atoms. The van der Waals surface area contributed by atoms with Crippen LogP contribution in [0.3, 0.4) is 0 Å². The van der Waals surface area contributed by atoms with Gasteiger partial charge >= 0.3 is 0 Å². The highest BCUT2D eigenvalue weighted by Crippen LogP contribution is 2.38. The highest BCUT2D eigenvalue weighted by molar-refractivity contribution is 5.41. The average molecular weight is 218 g/mol. The number of nitrogens with one attached hydrogen (secondary N) is 1. The summed E-state index contributed by atoms with van der Waals surface area (Å²) in [4.78, 5) is 7.24. The van der Waals surface area contributed by atoms with Gasteiger partial charge in [0.15, 0.2) is 0 Å². The van der Waals surface area contributed by atoms with Gasteiger partial charge < -0.3 is 9.72 Å². The Kier molecular flexibility index (Phi) is 2.13. The molecule has 2 aromatic rings. The van der Waals surface area contributed by atoms with Gasteiger partial charge in [0, 0.05) is 18.0 Å². The topological polar surface area (TPSA) is 37.9 Å². The number of imidazole rings is 1. The van der Waals surface area contributed by atoms with Crippen molar-refractivity contribution in [1.82, 2.24) is 9.97 Å². The number of nitrogens with zero attached hydrogens (tertiary/aromatic N) is 1. The van der Waals surface area contributed by atoms with Crippen molar-refractivity contribution in [3.63, 3.8) is 0 Å². The molecule has 1 atom stereocenters. The molecule has 0 saturated heterocycles. The summed E-state index contributed by atoms with van der Waals surface area (Å²) in [6, 6.07) is 4.93. The van der Waals surface area contributed by atoms with E-state index in [4.69, 9.17) is 4.74 Å². The van der Waals surface area contributed by atoms with Gasteiger partial charge in [0.2, 0.25) is 0 Å². The lowest BCUT2D eigenvalue weighted by atomic mass is 9.92. The van der Waals surface area contributed by atoms with Crippen molar-refractivity contribution in [1.29, 1.82) is 0 Å². The predicted molar refractivity (Wildman–Crippen MR) is 56.9 cm³/mol. The molecule has 4 heteroatoms. The Labute approximate surface area is 92.3 Å². The van der Waals surface area contributed by atoms with Gasteiger partial charge in [-0.2, -0.15) is 0 Å². The molecule has 3 nitrogen and oxygen atoms in total. The Morgan fingerprint density at radius 1 is 1.44 bits per heavy atom. The smallest absolute Gasteiger partial charge is 0.130 e. The van der Waals surface area contributed by atoms with Crippen LogP contribution in [0.4, 0.5) is 4.39 Å². The van der Waals surface area contributed by atoms with E-state index in [-0.39, 0.29) is 11.7 Å². The van der Waals surface area contributed by atoms with E-state index in [1.165, 1.54) is 6.07 Å². The zero-order valence-electron chi connectivity index (χ0n) is 8.61. The number of benzene rings is 1. The van der Waals surface area contributed by atoms with Crippen molar-refractivity contribution >= 4 is 0 Å². The maximum Gasteiger partial charge on any atom is 0.130 e. The van der Waals surface area contributed by atoms with Gasteiger partial charge in [-0.05, 0) is 18.6 Å². The minimum absolute atomic E-state index is 0.0278. The lowest BCUT2D eigenvalue weighted by Crippen LogP contribution is -2.17. The molecule has 1 unspecified atom stereocenters. The monoisotopic (exact) mass is 218 g/mol. The van der Waals surface area contributed by atoms with E-state index in [9.17, 15) is 4.39 Å². The van der Waals surface area contributed by atoms with Gasteiger partial charge in [0.25, 0.3) is 0 Å². The molecule has 0 saturated carbocycles. The Morgan fingerprint density at radius 3 is 3.19 bits per heavy atom. The fourth-order valence-electron chi connectivity index (χ4n) is 2.15. The van der Waals surface area contributed by atoms with E-state index in [0.717, 1.165) is 12.2 Å². The largest absolute Gasteiger partial charge is 0.493 e. The second kappa shape index (κ2) is 3.63. The summed E-state index contributed by atoms with van der Waals surface area (Å²) < 4.78 is 19.2. The zero-order valence-corrected chi connectivity index (χ0v) is 8.61. The van der Waals surface area contributed by atoms with Crippen LogP contribution in [0.2, 0.25) is 0 Å². The van der Waals surface area contributed by atoms with Crippen molar-refractivity contribution in [3.8, 4) is 5.75 Å². The van der Waals surface area contributed by atoms with Crippen LogP contribution >= 0.6 is 0 Å². The van der Waals surface area contributed by atoms with Gasteiger partial charge in [0.05, 0.1) is 12.5 Å². The minimum atomic E-state index is -0.224. The molecule has 1 N–H and O–H groups in total. The summed E-state index contributed by atoms with van der Waals surface area (Å²) in [6.07, 6.45) is 4.19. The van der Waals surface area contributed by atoms with Crippen LogP contribution in [-0.4, -0.2) is 16.6 Å². The van der Waals surface area contributed by atoms with Crippen LogP contribution in [0.5, 0.6) is 5.75 Å². The Hall–Kier alpha value is -1.84. The number of hydrogen-bond donors (Lipinski definition) is 1. The lowest BCUT2D eigenvalue weighted by Gasteiger charge is -2.24. The first kappa shape index (κ1) is 9.39. The highest BCUT2D eigenvalue weighted by atomic mass is 19.1. The molecule has 1 aromatic carbocycles. The minimum Gasteiger partial charge on any atom is -0.493 e. The third-order valence-electron chi connectivity index (χ3n) is 2.87. The molecule has 1 aliphatic heterocycles. The van der Waals surface area contributed by atoms with Crippen LogP contribution < -0.4 is 4.74 Å². The normalized spacial score (nSPS) is 18.9. The number of rotatable bonds is 1. The molecule has 82 valence electrons. The van der Waals surface area contributed by atoms with Crippen molar-refractivity contribution in [2.24, 2.45) is 0 Å². The molecule has 0 aliphatic carbocycles. The SMILES string of the molecule is Fc1cccc2c1C(c1ncc[nH]1)CCO2. The van der Waals surface area contributed by atoms with Crippen molar-refractivity contribution < 1.29 is 9.13 Å². The fourth-order valence-corrected chi connectivity index (χ4v) is 2.15. The maximum absolute atomic E-state index is 13.8. The summed E-state index contributed by atoms with van der Waals surface area (Å²) in [5, 5.41) is 0. The Morgan fingerprint density at radius 2 is 2.38 bits per heavy atom. The molecule has 0 spiro atoms. The summed E-state index contributed by atoms with van der Waals surface area (Å²) >= 11 is 0. The van der Waals surface area contributed by atoms with E-state index in [0.29, 0.717) is 17.9 Å². The van der Waals surface area contributed by atoms with E-state index in [1.54, 1.807) is 24.5 Å².